The van der Waals surface area contributed by atoms with Gasteiger partial charge < -0.3 is 16.0 Å². The first-order chi connectivity index (χ1) is 12.1. The van der Waals surface area contributed by atoms with Gasteiger partial charge in [-0.15, -0.1) is 0 Å². The van der Waals surface area contributed by atoms with Crippen molar-refractivity contribution in [2.45, 2.75) is 27.7 Å². The zero-order chi connectivity index (χ0) is 19.3. The molecule has 6 heteroatoms. The first-order valence-corrected chi connectivity index (χ1v) is 8.26. The van der Waals surface area contributed by atoms with Crippen LogP contribution in [-0.2, 0) is 9.59 Å². The second-order valence-corrected chi connectivity index (χ2v) is 7.00. The third-order valence-electron chi connectivity index (χ3n) is 3.53. The lowest BCUT2D eigenvalue weighted by Gasteiger charge is -2.18. The maximum atomic E-state index is 12.4. The molecule has 0 fully saturated rings. The summed E-state index contributed by atoms with van der Waals surface area (Å²) < 4.78 is 0. The number of anilines is 3. The Morgan fingerprint density at radius 2 is 1.35 bits per heavy atom. The van der Waals surface area contributed by atoms with Crippen LogP contribution in [0.4, 0.5) is 17.1 Å². The fourth-order valence-electron chi connectivity index (χ4n) is 2.10. The van der Waals surface area contributed by atoms with Gasteiger partial charge in [-0.05, 0) is 42.5 Å². The first-order valence-electron chi connectivity index (χ1n) is 8.26. The molecule has 2 aromatic carbocycles. The molecule has 0 spiro atoms. The maximum Gasteiger partial charge on any atom is 0.255 e. The van der Waals surface area contributed by atoms with E-state index in [9.17, 15) is 14.4 Å². The third-order valence-corrected chi connectivity index (χ3v) is 3.53. The van der Waals surface area contributed by atoms with Gasteiger partial charge in [-0.3, -0.25) is 14.4 Å². The molecule has 0 atom stereocenters. The van der Waals surface area contributed by atoms with Crippen molar-refractivity contribution in [1.82, 2.24) is 0 Å². The summed E-state index contributed by atoms with van der Waals surface area (Å²) in [4.78, 5) is 35.5. The summed E-state index contributed by atoms with van der Waals surface area (Å²) in [6.07, 6.45) is 0. The van der Waals surface area contributed by atoms with E-state index in [0.717, 1.165) is 0 Å². The van der Waals surface area contributed by atoms with Gasteiger partial charge in [0, 0.05) is 35.0 Å². The summed E-state index contributed by atoms with van der Waals surface area (Å²) in [5.41, 5.74) is 1.74. The van der Waals surface area contributed by atoms with Gasteiger partial charge in [-0.1, -0.05) is 26.8 Å². The minimum atomic E-state index is -0.520. The van der Waals surface area contributed by atoms with Gasteiger partial charge in [0.05, 0.1) is 0 Å². The molecule has 0 aliphatic carbocycles. The molecule has 3 N–H and O–H groups in total. The summed E-state index contributed by atoms with van der Waals surface area (Å²) in [6.45, 7) is 6.90. The van der Waals surface area contributed by atoms with Gasteiger partial charge >= 0.3 is 0 Å². The number of amides is 3. The van der Waals surface area contributed by atoms with Crippen LogP contribution >= 0.6 is 0 Å². The normalized spacial score (nSPS) is 10.8. The molecule has 3 amide bonds. The van der Waals surface area contributed by atoms with E-state index in [1.165, 1.54) is 6.92 Å². The molecule has 26 heavy (non-hydrogen) atoms. The van der Waals surface area contributed by atoms with Gasteiger partial charge in [0.1, 0.15) is 0 Å². The SMILES string of the molecule is CC(=O)Nc1ccc(NC(=O)c2cccc(NC(=O)C(C)(C)C)c2)cc1. The molecule has 0 aliphatic heterocycles. The number of carbonyl (C=O) groups is 3. The van der Waals surface area contributed by atoms with Gasteiger partial charge in [0.15, 0.2) is 0 Å². The maximum absolute atomic E-state index is 12.4. The fourth-order valence-corrected chi connectivity index (χ4v) is 2.10. The Hall–Kier alpha value is -3.15. The second-order valence-electron chi connectivity index (χ2n) is 7.00. The molecule has 0 radical (unpaired) electrons. The number of benzene rings is 2. The topological polar surface area (TPSA) is 87.3 Å². The largest absolute Gasteiger partial charge is 0.326 e. The predicted molar refractivity (Wildman–Crippen MR) is 103 cm³/mol. The van der Waals surface area contributed by atoms with E-state index >= 15 is 0 Å². The van der Waals surface area contributed by atoms with Crippen LogP contribution in [0.3, 0.4) is 0 Å². The minimum absolute atomic E-state index is 0.122. The van der Waals surface area contributed by atoms with Gasteiger partial charge in [-0.25, -0.2) is 0 Å². The molecule has 6 nitrogen and oxygen atoms in total. The summed E-state index contributed by atoms with van der Waals surface area (Å²) >= 11 is 0. The summed E-state index contributed by atoms with van der Waals surface area (Å²) in [7, 11) is 0. The highest BCUT2D eigenvalue weighted by atomic mass is 16.2. The van der Waals surface area contributed by atoms with E-state index in [1.807, 2.05) is 20.8 Å². The van der Waals surface area contributed by atoms with E-state index in [1.54, 1.807) is 48.5 Å². The van der Waals surface area contributed by atoms with E-state index < -0.39 is 5.41 Å². The van der Waals surface area contributed by atoms with Crippen molar-refractivity contribution < 1.29 is 14.4 Å². The van der Waals surface area contributed by atoms with E-state index in [2.05, 4.69) is 16.0 Å². The van der Waals surface area contributed by atoms with Crippen molar-refractivity contribution in [3.63, 3.8) is 0 Å². The number of hydrogen-bond acceptors (Lipinski definition) is 3. The number of hydrogen-bond donors (Lipinski definition) is 3. The van der Waals surface area contributed by atoms with Crippen LogP contribution in [0.2, 0.25) is 0 Å². The lowest BCUT2D eigenvalue weighted by atomic mass is 9.95. The molecule has 0 aliphatic rings. The lowest BCUT2D eigenvalue weighted by molar-refractivity contribution is -0.123. The van der Waals surface area contributed by atoms with Gasteiger partial charge in [-0.2, -0.15) is 0 Å². The third kappa shape index (κ3) is 5.44. The molecule has 0 aromatic heterocycles. The van der Waals surface area contributed by atoms with Crippen LogP contribution in [0.25, 0.3) is 0 Å². The Morgan fingerprint density at radius 1 is 0.769 bits per heavy atom. The average molecular weight is 353 g/mol. The van der Waals surface area contributed by atoms with Crippen LogP contribution in [0.15, 0.2) is 48.5 Å². The molecule has 2 rings (SSSR count). The Kier molecular flexibility index (Phi) is 5.77. The summed E-state index contributed by atoms with van der Waals surface area (Å²) in [6, 6.07) is 13.6. The minimum Gasteiger partial charge on any atom is -0.326 e. The molecular formula is C20H23N3O3. The van der Waals surface area contributed by atoms with Crippen molar-refractivity contribution >= 4 is 34.8 Å². The van der Waals surface area contributed by atoms with Crippen LogP contribution in [0.1, 0.15) is 38.1 Å². The first kappa shape index (κ1) is 19.2. The van der Waals surface area contributed by atoms with Crippen molar-refractivity contribution in [3.05, 3.63) is 54.1 Å². The predicted octanol–water partition coefficient (Wildman–Crippen LogP) is 3.88. The quantitative estimate of drug-likeness (QED) is 0.779. The lowest BCUT2D eigenvalue weighted by Crippen LogP contribution is -2.27. The number of rotatable bonds is 4. The molecule has 0 saturated carbocycles. The van der Waals surface area contributed by atoms with Crippen molar-refractivity contribution in [2.75, 3.05) is 16.0 Å². The zero-order valence-electron chi connectivity index (χ0n) is 15.3. The van der Waals surface area contributed by atoms with Gasteiger partial charge in [0.25, 0.3) is 5.91 Å². The highest BCUT2D eigenvalue weighted by Gasteiger charge is 2.21. The van der Waals surface area contributed by atoms with Crippen LogP contribution in [0, 0.1) is 5.41 Å². The number of nitrogens with one attached hydrogen (secondary N) is 3. The molecule has 136 valence electrons. The van der Waals surface area contributed by atoms with Crippen molar-refractivity contribution in [2.24, 2.45) is 5.41 Å². The second kappa shape index (κ2) is 7.82. The molecule has 0 heterocycles. The highest BCUT2D eigenvalue weighted by Crippen LogP contribution is 2.19. The average Bonchev–Trinajstić information content (AvgIpc) is 2.55. The Morgan fingerprint density at radius 3 is 1.88 bits per heavy atom. The van der Waals surface area contributed by atoms with Crippen LogP contribution < -0.4 is 16.0 Å². The summed E-state index contributed by atoms with van der Waals surface area (Å²) in [5.74, 6) is -0.566. The monoisotopic (exact) mass is 353 g/mol. The molecule has 0 saturated heterocycles. The Labute approximate surface area is 153 Å². The van der Waals surface area contributed by atoms with E-state index in [0.29, 0.717) is 22.6 Å². The van der Waals surface area contributed by atoms with Crippen LogP contribution in [0.5, 0.6) is 0 Å². The van der Waals surface area contributed by atoms with Crippen molar-refractivity contribution in [1.29, 1.82) is 0 Å². The van der Waals surface area contributed by atoms with E-state index in [4.69, 9.17) is 0 Å². The molecule has 0 unspecified atom stereocenters. The van der Waals surface area contributed by atoms with Crippen LogP contribution in [-0.4, -0.2) is 17.7 Å². The smallest absolute Gasteiger partial charge is 0.255 e. The Bertz CT molecular complexity index is 821. The fraction of sp³-hybridized carbons (Fsp3) is 0.250. The zero-order valence-corrected chi connectivity index (χ0v) is 15.3. The standard InChI is InChI=1S/C20H23N3O3/c1-13(24)21-15-8-10-16(11-9-15)22-18(25)14-6-5-7-17(12-14)23-19(26)20(2,3)4/h5-12H,1-4H3,(H,21,24)(H,22,25)(H,23,26). The highest BCUT2D eigenvalue weighted by molar-refractivity contribution is 6.05. The Balaban J connectivity index is 2.06. The summed E-state index contributed by atoms with van der Waals surface area (Å²) in [5, 5.41) is 8.26. The molecule has 2 aromatic rings. The van der Waals surface area contributed by atoms with E-state index in [-0.39, 0.29) is 17.7 Å². The molecular weight excluding hydrogens is 330 g/mol. The van der Waals surface area contributed by atoms with Gasteiger partial charge in [0.2, 0.25) is 11.8 Å². The molecule has 0 bridgehead atoms. The number of carbonyl (C=O) groups excluding carboxylic acids is 3. The van der Waals surface area contributed by atoms with Crippen molar-refractivity contribution in [3.8, 4) is 0 Å².